The van der Waals surface area contributed by atoms with Gasteiger partial charge >= 0.3 is 0 Å². The lowest BCUT2D eigenvalue weighted by Crippen LogP contribution is -1.92. The van der Waals surface area contributed by atoms with E-state index in [1.165, 1.54) is 35.3 Å². The summed E-state index contributed by atoms with van der Waals surface area (Å²) >= 11 is 1.69. The van der Waals surface area contributed by atoms with E-state index in [1.54, 1.807) is 11.8 Å². The molecule has 1 aromatic carbocycles. The second-order valence-electron chi connectivity index (χ2n) is 4.77. The van der Waals surface area contributed by atoms with E-state index in [4.69, 9.17) is 5.73 Å². The molecule has 92 valence electrons. The molecule has 2 nitrogen and oxygen atoms in total. The number of pyridine rings is 1. The molecule has 0 unspecified atom stereocenters. The summed E-state index contributed by atoms with van der Waals surface area (Å²) in [6, 6.07) is 8.69. The standard InChI is InChI=1S/C15H16N2S/c1-10-9-17-15(8-14(10)16)18-13-6-5-11-3-2-4-12(11)7-13/h5-9H,2-4H2,1H3,(H2,16,17). The Balaban J connectivity index is 1.85. The summed E-state index contributed by atoms with van der Waals surface area (Å²) in [7, 11) is 0. The van der Waals surface area contributed by atoms with Gasteiger partial charge in [0.1, 0.15) is 5.03 Å². The molecule has 0 bridgehead atoms. The number of aromatic nitrogens is 1. The second kappa shape index (κ2) is 4.65. The number of nitrogens with zero attached hydrogens (tertiary/aromatic N) is 1. The Morgan fingerprint density at radius 3 is 2.83 bits per heavy atom. The van der Waals surface area contributed by atoms with Gasteiger partial charge in [0.05, 0.1) is 0 Å². The Labute approximate surface area is 112 Å². The minimum atomic E-state index is 0.814. The molecule has 0 amide bonds. The molecule has 1 aromatic heterocycles. The highest BCUT2D eigenvalue weighted by atomic mass is 32.2. The highest BCUT2D eigenvalue weighted by Crippen LogP contribution is 2.32. The molecule has 0 spiro atoms. The van der Waals surface area contributed by atoms with E-state index in [2.05, 4.69) is 23.2 Å². The number of hydrogen-bond acceptors (Lipinski definition) is 3. The minimum absolute atomic E-state index is 0.814. The van der Waals surface area contributed by atoms with Crippen LogP contribution in [-0.4, -0.2) is 4.98 Å². The zero-order chi connectivity index (χ0) is 12.5. The summed E-state index contributed by atoms with van der Waals surface area (Å²) in [5, 5.41) is 0.969. The van der Waals surface area contributed by atoms with E-state index in [-0.39, 0.29) is 0 Å². The van der Waals surface area contributed by atoms with Crippen LogP contribution in [0.25, 0.3) is 0 Å². The van der Waals surface area contributed by atoms with Crippen LogP contribution in [0.2, 0.25) is 0 Å². The maximum absolute atomic E-state index is 5.91. The number of fused-ring (bicyclic) bond motifs is 1. The number of rotatable bonds is 2. The normalized spacial score (nSPS) is 13.6. The Morgan fingerprint density at radius 1 is 1.17 bits per heavy atom. The average Bonchev–Trinajstić information content (AvgIpc) is 2.81. The van der Waals surface area contributed by atoms with Crippen LogP contribution in [0, 0.1) is 6.92 Å². The van der Waals surface area contributed by atoms with Gasteiger partial charge in [0.2, 0.25) is 0 Å². The number of nitrogen functional groups attached to an aromatic ring is 1. The van der Waals surface area contributed by atoms with Crippen molar-refractivity contribution >= 4 is 17.4 Å². The number of anilines is 1. The van der Waals surface area contributed by atoms with Crippen molar-refractivity contribution in [2.45, 2.75) is 36.1 Å². The molecule has 0 saturated carbocycles. The van der Waals surface area contributed by atoms with Crippen LogP contribution < -0.4 is 5.73 Å². The monoisotopic (exact) mass is 256 g/mol. The first kappa shape index (κ1) is 11.6. The van der Waals surface area contributed by atoms with Gasteiger partial charge in [-0.3, -0.25) is 0 Å². The quantitative estimate of drug-likeness (QED) is 0.892. The van der Waals surface area contributed by atoms with Crippen molar-refractivity contribution in [3.05, 3.63) is 47.2 Å². The van der Waals surface area contributed by atoms with Crippen LogP contribution in [0.4, 0.5) is 5.69 Å². The largest absolute Gasteiger partial charge is 0.398 e. The van der Waals surface area contributed by atoms with E-state index < -0.39 is 0 Å². The van der Waals surface area contributed by atoms with Crippen molar-refractivity contribution in [2.24, 2.45) is 0 Å². The molecule has 1 heterocycles. The van der Waals surface area contributed by atoms with Gasteiger partial charge in [-0.15, -0.1) is 0 Å². The molecule has 0 atom stereocenters. The lowest BCUT2D eigenvalue weighted by molar-refractivity contribution is 0.911. The molecule has 0 aliphatic heterocycles. The van der Waals surface area contributed by atoms with Gasteiger partial charge in [-0.05, 0) is 61.1 Å². The highest BCUT2D eigenvalue weighted by molar-refractivity contribution is 7.99. The first-order valence-corrected chi connectivity index (χ1v) is 7.06. The summed E-state index contributed by atoms with van der Waals surface area (Å²) in [5.74, 6) is 0. The lowest BCUT2D eigenvalue weighted by Gasteiger charge is -2.06. The van der Waals surface area contributed by atoms with Gasteiger partial charge < -0.3 is 5.73 Å². The van der Waals surface area contributed by atoms with E-state index in [0.717, 1.165) is 16.3 Å². The SMILES string of the molecule is Cc1cnc(Sc2ccc3c(c2)CCC3)cc1N. The molecule has 0 radical (unpaired) electrons. The van der Waals surface area contributed by atoms with E-state index in [9.17, 15) is 0 Å². The predicted octanol–water partition coefficient (Wildman–Crippen LogP) is 3.61. The topological polar surface area (TPSA) is 38.9 Å². The van der Waals surface area contributed by atoms with E-state index >= 15 is 0 Å². The molecular weight excluding hydrogens is 240 g/mol. The zero-order valence-electron chi connectivity index (χ0n) is 10.4. The fourth-order valence-electron chi connectivity index (χ4n) is 2.31. The fourth-order valence-corrected chi connectivity index (χ4v) is 3.18. The minimum Gasteiger partial charge on any atom is -0.398 e. The maximum Gasteiger partial charge on any atom is 0.103 e. The van der Waals surface area contributed by atoms with Gasteiger partial charge in [-0.1, -0.05) is 17.8 Å². The molecular formula is C15H16N2S. The second-order valence-corrected chi connectivity index (χ2v) is 5.86. The first-order chi connectivity index (χ1) is 8.72. The third-order valence-corrected chi connectivity index (χ3v) is 4.33. The maximum atomic E-state index is 5.91. The molecule has 0 saturated heterocycles. The summed E-state index contributed by atoms with van der Waals surface area (Å²) in [5.41, 5.74) is 10.8. The molecule has 3 heteroatoms. The Morgan fingerprint density at radius 2 is 2.00 bits per heavy atom. The van der Waals surface area contributed by atoms with Gasteiger partial charge in [0.25, 0.3) is 0 Å². The first-order valence-electron chi connectivity index (χ1n) is 6.24. The number of hydrogen-bond donors (Lipinski definition) is 1. The molecule has 2 N–H and O–H groups in total. The van der Waals surface area contributed by atoms with Crippen molar-refractivity contribution in [3.8, 4) is 0 Å². The van der Waals surface area contributed by atoms with Crippen LogP contribution in [0.3, 0.4) is 0 Å². The summed E-state index contributed by atoms with van der Waals surface area (Å²) in [4.78, 5) is 5.67. The Hall–Kier alpha value is -1.48. The van der Waals surface area contributed by atoms with Crippen LogP contribution in [-0.2, 0) is 12.8 Å². The van der Waals surface area contributed by atoms with Gasteiger partial charge in [0, 0.05) is 16.8 Å². The third kappa shape index (κ3) is 2.23. The van der Waals surface area contributed by atoms with Crippen LogP contribution >= 0.6 is 11.8 Å². The molecule has 18 heavy (non-hydrogen) atoms. The molecule has 1 aliphatic carbocycles. The average molecular weight is 256 g/mol. The Bertz CT molecular complexity index is 593. The van der Waals surface area contributed by atoms with Crippen LogP contribution in [0.1, 0.15) is 23.1 Å². The smallest absolute Gasteiger partial charge is 0.103 e. The van der Waals surface area contributed by atoms with Gasteiger partial charge in [0.15, 0.2) is 0 Å². The zero-order valence-corrected chi connectivity index (χ0v) is 11.3. The van der Waals surface area contributed by atoms with Crippen molar-refractivity contribution < 1.29 is 0 Å². The summed E-state index contributed by atoms with van der Waals surface area (Å²) in [6.07, 6.45) is 5.58. The van der Waals surface area contributed by atoms with Gasteiger partial charge in [-0.2, -0.15) is 0 Å². The van der Waals surface area contributed by atoms with Gasteiger partial charge in [-0.25, -0.2) is 4.98 Å². The Kier molecular flexibility index (Phi) is 3.00. The predicted molar refractivity (Wildman–Crippen MR) is 76.0 cm³/mol. The molecule has 1 aliphatic rings. The summed E-state index contributed by atoms with van der Waals surface area (Å²) in [6.45, 7) is 1.98. The van der Waals surface area contributed by atoms with Crippen LogP contribution in [0.15, 0.2) is 40.4 Å². The highest BCUT2D eigenvalue weighted by Gasteiger charge is 2.11. The van der Waals surface area contributed by atoms with Crippen molar-refractivity contribution in [3.63, 3.8) is 0 Å². The van der Waals surface area contributed by atoms with E-state index in [1.807, 2.05) is 19.2 Å². The van der Waals surface area contributed by atoms with Crippen LogP contribution in [0.5, 0.6) is 0 Å². The van der Waals surface area contributed by atoms with Crippen molar-refractivity contribution in [1.82, 2.24) is 4.98 Å². The van der Waals surface area contributed by atoms with Crippen molar-refractivity contribution in [1.29, 1.82) is 0 Å². The molecule has 3 rings (SSSR count). The third-order valence-electron chi connectivity index (χ3n) is 3.41. The lowest BCUT2D eigenvalue weighted by atomic mass is 10.1. The molecule has 2 aromatic rings. The van der Waals surface area contributed by atoms with Crippen molar-refractivity contribution in [2.75, 3.05) is 5.73 Å². The molecule has 0 fully saturated rings. The number of aryl methyl sites for hydroxylation is 3. The number of nitrogens with two attached hydrogens (primary N) is 1. The summed E-state index contributed by atoms with van der Waals surface area (Å²) < 4.78 is 0. The number of benzene rings is 1. The van der Waals surface area contributed by atoms with E-state index in [0.29, 0.717) is 0 Å². The fraction of sp³-hybridized carbons (Fsp3) is 0.267.